The lowest BCUT2D eigenvalue weighted by Gasteiger charge is -2.32. The van der Waals surface area contributed by atoms with Gasteiger partial charge in [0.1, 0.15) is 0 Å². The summed E-state index contributed by atoms with van der Waals surface area (Å²) in [7, 11) is 0. The number of fused-ring (bicyclic) bond motifs is 1. The van der Waals surface area contributed by atoms with E-state index < -0.39 is 0 Å². The highest BCUT2D eigenvalue weighted by Crippen LogP contribution is 2.36. The van der Waals surface area contributed by atoms with Gasteiger partial charge in [-0.2, -0.15) is 0 Å². The molecule has 3 heterocycles. The van der Waals surface area contributed by atoms with Gasteiger partial charge in [-0.3, -0.25) is 9.78 Å². The zero-order valence-electron chi connectivity index (χ0n) is 14.9. The monoisotopic (exact) mass is 343 g/mol. The maximum Gasteiger partial charge on any atom is 0.226 e. The van der Waals surface area contributed by atoms with Gasteiger partial charge in [-0.05, 0) is 42.7 Å². The van der Waals surface area contributed by atoms with E-state index >= 15 is 0 Å². The Morgan fingerprint density at radius 2 is 2.12 bits per heavy atom. The van der Waals surface area contributed by atoms with Crippen LogP contribution in [0.15, 0.2) is 24.4 Å². The second kappa shape index (κ2) is 7.83. The second-order valence-corrected chi connectivity index (χ2v) is 7.98. The number of hydrogen-bond donors (Lipinski definition) is 1. The van der Waals surface area contributed by atoms with Crippen molar-refractivity contribution < 1.29 is 9.53 Å². The van der Waals surface area contributed by atoms with Gasteiger partial charge in [-0.25, -0.2) is 0 Å². The highest BCUT2D eigenvalue weighted by molar-refractivity contribution is 5.79. The Labute approximate surface area is 150 Å². The summed E-state index contributed by atoms with van der Waals surface area (Å²) in [5.41, 5.74) is 0.901. The molecular formula is C20H29N3O2. The van der Waals surface area contributed by atoms with Gasteiger partial charge in [-0.1, -0.05) is 18.9 Å². The lowest BCUT2D eigenvalue weighted by molar-refractivity contribution is -0.133. The molecular weight excluding hydrogens is 314 g/mol. The third-order valence-electron chi connectivity index (χ3n) is 6.21. The molecule has 1 aromatic rings. The molecule has 0 unspecified atom stereocenters. The number of carbonyl (C=O) groups is 1. The molecule has 1 N–H and O–H groups in total. The Balaban J connectivity index is 1.32. The minimum absolute atomic E-state index is 0.0176. The van der Waals surface area contributed by atoms with Crippen molar-refractivity contribution in [2.24, 2.45) is 23.7 Å². The van der Waals surface area contributed by atoms with E-state index in [2.05, 4.69) is 15.2 Å². The van der Waals surface area contributed by atoms with Gasteiger partial charge >= 0.3 is 0 Å². The molecule has 1 saturated carbocycles. The van der Waals surface area contributed by atoms with Crippen LogP contribution in [0.1, 0.15) is 31.4 Å². The minimum Gasteiger partial charge on any atom is -0.380 e. The number of likely N-dealkylation sites (tertiary alicyclic amines) is 1. The van der Waals surface area contributed by atoms with E-state index in [0.29, 0.717) is 25.0 Å². The zero-order chi connectivity index (χ0) is 17.1. The molecule has 1 aliphatic carbocycles. The fourth-order valence-corrected chi connectivity index (χ4v) is 4.88. The molecule has 1 aromatic heterocycles. The molecule has 5 nitrogen and oxygen atoms in total. The molecule has 136 valence electrons. The first-order chi connectivity index (χ1) is 12.3. The standard InChI is InChI=1S/C20H29N3O2/c24-20(22-9-17-7-3-4-8-21-17)19-14-25-13-16-11-23(12-18(16)19)10-15-5-1-2-6-15/h3-4,7-8,15-16,18-19H,1-2,5-6,9-14H2,(H,22,24)/t16-,18-,19+/m0/s1. The number of nitrogens with zero attached hydrogens (tertiary/aromatic N) is 2. The molecule has 0 radical (unpaired) electrons. The van der Waals surface area contributed by atoms with Crippen molar-refractivity contribution >= 4 is 5.91 Å². The van der Waals surface area contributed by atoms with Crippen LogP contribution in [0.25, 0.3) is 0 Å². The highest BCUT2D eigenvalue weighted by Gasteiger charge is 2.44. The number of amides is 1. The summed E-state index contributed by atoms with van der Waals surface area (Å²) in [6, 6.07) is 5.79. The lowest BCUT2D eigenvalue weighted by Crippen LogP contribution is -2.44. The van der Waals surface area contributed by atoms with Gasteiger partial charge < -0.3 is 15.0 Å². The largest absolute Gasteiger partial charge is 0.380 e. The first-order valence-corrected chi connectivity index (χ1v) is 9.77. The fraction of sp³-hybridized carbons (Fsp3) is 0.700. The maximum absolute atomic E-state index is 12.7. The van der Waals surface area contributed by atoms with Crippen molar-refractivity contribution in [2.75, 3.05) is 32.8 Å². The SMILES string of the molecule is O=C(NCc1ccccn1)[C@@H]1COC[C@@H]2CN(CC3CCCC3)C[C@@H]21. The molecule has 0 spiro atoms. The lowest BCUT2D eigenvalue weighted by atomic mass is 9.82. The molecule has 0 aromatic carbocycles. The van der Waals surface area contributed by atoms with Gasteiger partial charge in [0, 0.05) is 25.8 Å². The summed E-state index contributed by atoms with van der Waals surface area (Å²) in [5.74, 6) is 1.94. The van der Waals surface area contributed by atoms with Crippen LogP contribution in [0.4, 0.5) is 0 Å². The predicted octanol–water partition coefficient (Wildman–Crippen LogP) is 2.08. The van der Waals surface area contributed by atoms with Crippen molar-refractivity contribution in [2.45, 2.75) is 32.2 Å². The number of ether oxygens (including phenoxy) is 1. The molecule has 3 aliphatic rings. The first-order valence-electron chi connectivity index (χ1n) is 9.77. The average Bonchev–Trinajstić information content (AvgIpc) is 3.29. The van der Waals surface area contributed by atoms with Gasteiger partial charge in [0.25, 0.3) is 0 Å². The van der Waals surface area contributed by atoms with Crippen molar-refractivity contribution in [1.29, 1.82) is 0 Å². The van der Waals surface area contributed by atoms with Crippen molar-refractivity contribution in [3.63, 3.8) is 0 Å². The molecule has 3 fully saturated rings. The third kappa shape index (κ3) is 4.04. The van der Waals surface area contributed by atoms with Crippen LogP contribution in [0.2, 0.25) is 0 Å². The normalized spacial score (nSPS) is 30.3. The van der Waals surface area contributed by atoms with E-state index in [1.54, 1.807) is 6.20 Å². The Kier molecular flexibility index (Phi) is 5.32. The van der Waals surface area contributed by atoms with E-state index in [0.717, 1.165) is 31.3 Å². The molecule has 2 saturated heterocycles. The molecule has 5 heteroatoms. The number of carbonyl (C=O) groups excluding carboxylic acids is 1. The van der Waals surface area contributed by atoms with Gasteiger partial charge in [0.05, 0.1) is 31.4 Å². The van der Waals surface area contributed by atoms with E-state index in [-0.39, 0.29) is 11.8 Å². The fourth-order valence-electron chi connectivity index (χ4n) is 4.88. The topological polar surface area (TPSA) is 54.5 Å². The van der Waals surface area contributed by atoms with Crippen molar-refractivity contribution in [3.8, 4) is 0 Å². The summed E-state index contributed by atoms with van der Waals surface area (Å²) in [6.45, 7) is 5.26. The number of rotatable bonds is 5. The minimum atomic E-state index is -0.0176. The molecule has 4 rings (SSSR count). The van der Waals surface area contributed by atoms with E-state index in [1.807, 2.05) is 18.2 Å². The van der Waals surface area contributed by atoms with Crippen LogP contribution < -0.4 is 5.32 Å². The first kappa shape index (κ1) is 17.0. The molecule has 0 bridgehead atoms. The summed E-state index contributed by atoms with van der Waals surface area (Å²) < 4.78 is 5.78. The van der Waals surface area contributed by atoms with E-state index in [9.17, 15) is 4.79 Å². The van der Waals surface area contributed by atoms with Gasteiger partial charge in [0.15, 0.2) is 0 Å². The third-order valence-corrected chi connectivity index (χ3v) is 6.21. The Morgan fingerprint density at radius 3 is 2.92 bits per heavy atom. The van der Waals surface area contributed by atoms with Crippen molar-refractivity contribution in [1.82, 2.24) is 15.2 Å². The zero-order valence-corrected chi connectivity index (χ0v) is 14.9. The molecule has 3 atom stereocenters. The smallest absolute Gasteiger partial charge is 0.226 e. The summed E-state index contributed by atoms with van der Waals surface area (Å²) in [4.78, 5) is 19.6. The maximum atomic E-state index is 12.7. The number of nitrogens with one attached hydrogen (secondary N) is 1. The number of hydrogen-bond acceptors (Lipinski definition) is 4. The van der Waals surface area contributed by atoms with Crippen LogP contribution in [0.5, 0.6) is 0 Å². The molecule has 1 amide bonds. The number of pyridine rings is 1. The highest BCUT2D eigenvalue weighted by atomic mass is 16.5. The predicted molar refractivity (Wildman–Crippen MR) is 95.8 cm³/mol. The van der Waals surface area contributed by atoms with Gasteiger partial charge in [0.2, 0.25) is 5.91 Å². The van der Waals surface area contributed by atoms with Crippen molar-refractivity contribution in [3.05, 3.63) is 30.1 Å². The summed E-state index contributed by atoms with van der Waals surface area (Å²) >= 11 is 0. The van der Waals surface area contributed by atoms with Crippen LogP contribution in [-0.4, -0.2) is 48.6 Å². The van der Waals surface area contributed by atoms with E-state index in [4.69, 9.17) is 4.74 Å². The molecule has 25 heavy (non-hydrogen) atoms. The Bertz CT molecular complexity index is 574. The van der Waals surface area contributed by atoms with Crippen LogP contribution in [0.3, 0.4) is 0 Å². The van der Waals surface area contributed by atoms with Gasteiger partial charge in [-0.15, -0.1) is 0 Å². The molecule has 2 aliphatic heterocycles. The Hall–Kier alpha value is -1.46. The summed E-state index contributed by atoms with van der Waals surface area (Å²) in [6.07, 6.45) is 7.33. The van der Waals surface area contributed by atoms with Crippen LogP contribution in [0, 0.1) is 23.7 Å². The second-order valence-electron chi connectivity index (χ2n) is 7.98. The summed E-state index contributed by atoms with van der Waals surface area (Å²) in [5, 5.41) is 3.07. The Morgan fingerprint density at radius 1 is 1.24 bits per heavy atom. The van der Waals surface area contributed by atoms with Crippen LogP contribution >= 0.6 is 0 Å². The van der Waals surface area contributed by atoms with E-state index in [1.165, 1.54) is 32.2 Å². The number of aromatic nitrogens is 1. The average molecular weight is 343 g/mol. The quantitative estimate of drug-likeness (QED) is 0.889. The van der Waals surface area contributed by atoms with Crippen LogP contribution in [-0.2, 0) is 16.1 Å².